The average molecular weight is 347 g/mol. The smallest absolute Gasteiger partial charge is 0.220 e. The average Bonchev–Trinajstić information content (AvgIpc) is 3.14. The number of hydrogen-bond donors (Lipinski definition) is 1. The maximum absolute atomic E-state index is 12.5. The van der Waals surface area contributed by atoms with Gasteiger partial charge in [-0.15, -0.1) is 0 Å². The lowest BCUT2D eigenvalue weighted by molar-refractivity contribution is -0.121. The van der Waals surface area contributed by atoms with Gasteiger partial charge < -0.3 is 5.32 Å². The number of aryl methyl sites for hydroxylation is 3. The van der Waals surface area contributed by atoms with Gasteiger partial charge in [0.25, 0.3) is 0 Å². The van der Waals surface area contributed by atoms with E-state index in [1.54, 1.807) is 0 Å². The number of benzene rings is 2. The van der Waals surface area contributed by atoms with Crippen LogP contribution in [-0.4, -0.2) is 11.7 Å². The van der Waals surface area contributed by atoms with Gasteiger partial charge in [-0.25, -0.2) is 0 Å². The van der Waals surface area contributed by atoms with Crippen molar-refractivity contribution in [3.8, 4) is 0 Å². The molecule has 0 saturated heterocycles. The van der Waals surface area contributed by atoms with Crippen LogP contribution in [0.25, 0.3) is 0 Å². The number of Topliss-reactive ketones (excluding diaryl/α,β-unsaturated/α-hetero) is 1. The molecular formula is C23H25NO2. The number of carbonyl (C=O) groups excluding carboxylic acids is 2. The summed E-state index contributed by atoms with van der Waals surface area (Å²) in [5.74, 6) is 0.0418. The van der Waals surface area contributed by atoms with Crippen molar-refractivity contribution in [2.75, 3.05) is 0 Å². The molecule has 0 radical (unpaired) electrons. The molecule has 1 atom stereocenters. The van der Waals surface area contributed by atoms with Gasteiger partial charge in [0, 0.05) is 18.4 Å². The lowest BCUT2D eigenvalue weighted by Gasteiger charge is -2.26. The fraction of sp³-hybridized carbons (Fsp3) is 0.391. The van der Waals surface area contributed by atoms with E-state index in [2.05, 4.69) is 29.6 Å². The highest BCUT2D eigenvalue weighted by molar-refractivity contribution is 5.98. The normalized spacial score (nSPS) is 18.1. The minimum Gasteiger partial charge on any atom is -0.349 e. The SMILES string of the molecule is O=C(CCC(=O)c1ccc2c(c1)CCC2)NC1CCCc2ccccc21. The molecule has 2 aromatic carbocycles. The summed E-state index contributed by atoms with van der Waals surface area (Å²) in [6.07, 6.45) is 7.05. The molecule has 0 fully saturated rings. The van der Waals surface area contributed by atoms with E-state index in [1.165, 1.54) is 28.7 Å². The number of amides is 1. The topological polar surface area (TPSA) is 46.2 Å². The second-order valence-electron chi connectivity index (χ2n) is 7.47. The molecule has 4 rings (SSSR count). The number of fused-ring (bicyclic) bond motifs is 2. The first kappa shape index (κ1) is 17.0. The third-order valence-corrected chi connectivity index (χ3v) is 5.70. The quantitative estimate of drug-likeness (QED) is 0.818. The number of rotatable bonds is 5. The van der Waals surface area contributed by atoms with E-state index in [0.717, 1.165) is 37.7 Å². The molecule has 1 N–H and O–H groups in total. The molecule has 26 heavy (non-hydrogen) atoms. The summed E-state index contributed by atoms with van der Waals surface area (Å²) >= 11 is 0. The highest BCUT2D eigenvalue weighted by Gasteiger charge is 2.22. The van der Waals surface area contributed by atoms with E-state index in [4.69, 9.17) is 0 Å². The number of nitrogens with one attached hydrogen (secondary N) is 1. The molecule has 2 aliphatic rings. The van der Waals surface area contributed by atoms with Crippen molar-refractivity contribution in [1.29, 1.82) is 0 Å². The van der Waals surface area contributed by atoms with Crippen molar-refractivity contribution in [2.45, 2.75) is 57.4 Å². The van der Waals surface area contributed by atoms with Crippen molar-refractivity contribution in [3.05, 3.63) is 70.3 Å². The fourth-order valence-corrected chi connectivity index (χ4v) is 4.29. The molecule has 1 unspecified atom stereocenters. The molecule has 0 spiro atoms. The molecule has 1 amide bonds. The first-order chi connectivity index (χ1) is 12.7. The highest BCUT2D eigenvalue weighted by Crippen LogP contribution is 2.29. The maximum atomic E-state index is 12.5. The van der Waals surface area contributed by atoms with Gasteiger partial charge in [0.2, 0.25) is 5.91 Å². The predicted molar refractivity (Wildman–Crippen MR) is 102 cm³/mol. The van der Waals surface area contributed by atoms with Crippen LogP contribution in [0, 0.1) is 0 Å². The zero-order valence-corrected chi connectivity index (χ0v) is 15.1. The van der Waals surface area contributed by atoms with Gasteiger partial charge in [0.05, 0.1) is 6.04 Å². The van der Waals surface area contributed by atoms with Crippen LogP contribution in [0.15, 0.2) is 42.5 Å². The number of hydrogen-bond acceptors (Lipinski definition) is 2. The van der Waals surface area contributed by atoms with Crippen LogP contribution in [0.2, 0.25) is 0 Å². The van der Waals surface area contributed by atoms with Crippen molar-refractivity contribution >= 4 is 11.7 Å². The van der Waals surface area contributed by atoms with Crippen LogP contribution in [0.5, 0.6) is 0 Å². The molecule has 3 nitrogen and oxygen atoms in total. The Balaban J connectivity index is 1.34. The monoisotopic (exact) mass is 347 g/mol. The Hall–Kier alpha value is -2.42. The van der Waals surface area contributed by atoms with Gasteiger partial charge in [-0.3, -0.25) is 9.59 Å². The van der Waals surface area contributed by atoms with Crippen molar-refractivity contribution < 1.29 is 9.59 Å². The highest BCUT2D eigenvalue weighted by atomic mass is 16.2. The fourth-order valence-electron chi connectivity index (χ4n) is 4.29. The van der Waals surface area contributed by atoms with Crippen LogP contribution in [0.3, 0.4) is 0 Å². The van der Waals surface area contributed by atoms with E-state index >= 15 is 0 Å². The molecule has 0 saturated carbocycles. The predicted octanol–water partition coefficient (Wildman–Crippen LogP) is 4.33. The van der Waals surface area contributed by atoms with Gasteiger partial charge in [-0.1, -0.05) is 36.4 Å². The second-order valence-corrected chi connectivity index (χ2v) is 7.47. The first-order valence-electron chi connectivity index (χ1n) is 9.73. The van der Waals surface area contributed by atoms with Crippen molar-refractivity contribution in [3.63, 3.8) is 0 Å². The Morgan fingerprint density at radius 3 is 2.62 bits per heavy atom. The van der Waals surface area contributed by atoms with Crippen LogP contribution >= 0.6 is 0 Å². The summed E-state index contributed by atoms with van der Waals surface area (Å²) in [7, 11) is 0. The van der Waals surface area contributed by atoms with E-state index in [-0.39, 0.29) is 30.6 Å². The zero-order chi connectivity index (χ0) is 17.9. The standard InChI is InChI=1S/C23H25NO2/c25-22(19-12-11-16-6-3-8-18(16)15-19)13-14-23(26)24-21-10-4-7-17-5-1-2-9-20(17)21/h1-2,5,9,11-12,15,21H,3-4,6-8,10,13-14H2,(H,24,26). The Morgan fingerprint density at radius 1 is 0.885 bits per heavy atom. The summed E-state index contributed by atoms with van der Waals surface area (Å²) < 4.78 is 0. The molecule has 0 aromatic heterocycles. The zero-order valence-electron chi connectivity index (χ0n) is 15.1. The summed E-state index contributed by atoms with van der Waals surface area (Å²) in [5, 5.41) is 3.13. The molecular weight excluding hydrogens is 322 g/mol. The Kier molecular flexibility index (Phi) is 4.87. The molecule has 2 aromatic rings. The minimum atomic E-state index is -0.0267. The lowest BCUT2D eigenvalue weighted by Crippen LogP contribution is -2.31. The van der Waals surface area contributed by atoms with Crippen molar-refractivity contribution in [2.24, 2.45) is 0 Å². The van der Waals surface area contributed by atoms with Gasteiger partial charge in [0.15, 0.2) is 5.78 Å². The van der Waals surface area contributed by atoms with Gasteiger partial charge in [-0.05, 0) is 66.8 Å². The van der Waals surface area contributed by atoms with E-state index < -0.39 is 0 Å². The van der Waals surface area contributed by atoms with E-state index in [1.807, 2.05) is 18.2 Å². The maximum Gasteiger partial charge on any atom is 0.220 e. The van der Waals surface area contributed by atoms with Crippen LogP contribution in [0.4, 0.5) is 0 Å². The Morgan fingerprint density at radius 2 is 1.69 bits per heavy atom. The number of carbonyl (C=O) groups is 2. The molecule has 0 bridgehead atoms. The molecule has 3 heteroatoms. The molecule has 134 valence electrons. The van der Waals surface area contributed by atoms with Crippen LogP contribution < -0.4 is 5.32 Å². The van der Waals surface area contributed by atoms with E-state index in [0.29, 0.717) is 0 Å². The molecule has 2 aliphatic carbocycles. The molecule has 0 heterocycles. The minimum absolute atomic E-state index is 0.0267. The largest absolute Gasteiger partial charge is 0.349 e. The first-order valence-corrected chi connectivity index (χ1v) is 9.73. The van der Waals surface area contributed by atoms with Gasteiger partial charge >= 0.3 is 0 Å². The van der Waals surface area contributed by atoms with Gasteiger partial charge in [0.1, 0.15) is 0 Å². The summed E-state index contributed by atoms with van der Waals surface area (Å²) in [4.78, 5) is 24.8. The number of ketones is 1. The van der Waals surface area contributed by atoms with Crippen LogP contribution in [0.1, 0.15) is 70.8 Å². The van der Waals surface area contributed by atoms with Crippen LogP contribution in [-0.2, 0) is 24.1 Å². The third-order valence-electron chi connectivity index (χ3n) is 5.70. The second kappa shape index (κ2) is 7.45. The Labute approximate surface area is 154 Å². The summed E-state index contributed by atoms with van der Waals surface area (Å²) in [6.45, 7) is 0. The summed E-state index contributed by atoms with van der Waals surface area (Å²) in [6, 6.07) is 14.4. The Bertz CT molecular complexity index is 840. The summed E-state index contributed by atoms with van der Waals surface area (Å²) in [5.41, 5.74) is 5.99. The van der Waals surface area contributed by atoms with E-state index in [9.17, 15) is 9.59 Å². The lowest BCUT2D eigenvalue weighted by atomic mass is 9.87. The molecule has 0 aliphatic heterocycles. The van der Waals surface area contributed by atoms with Crippen molar-refractivity contribution in [1.82, 2.24) is 5.32 Å². The third kappa shape index (κ3) is 3.57. The van der Waals surface area contributed by atoms with Gasteiger partial charge in [-0.2, -0.15) is 0 Å².